The molecule has 2 amide bonds. The van der Waals surface area contributed by atoms with Crippen LogP contribution in [-0.2, 0) is 0 Å². The largest absolute Gasteiger partial charge is 0.478 e. The summed E-state index contributed by atoms with van der Waals surface area (Å²) in [6, 6.07) is 2.99. The minimum atomic E-state index is -1.30. The summed E-state index contributed by atoms with van der Waals surface area (Å²) in [4.78, 5) is 24.5. The van der Waals surface area contributed by atoms with Crippen molar-refractivity contribution in [3.63, 3.8) is 0 Å². The second-order valence-corrected chi connectivity index (χ2v) is 4.75. The quantitative estimate of drug-likeness (QED) is 0.765. The number of nitrogens with zero attached hydrogens (tertiary/aromatic N) is 1. The lowest BCUT2D eigenvalue weighted by molar-refractivity contribution is 0.0697. The number of rotatable bonds is 2. The van der Waals surface area contributed by atoms with Gasteiger partial charge in [-0.3, -0.25) is 0 Å². The van der Waals surface area contributed by atoms with E-state index in [-0.39, 0.29) is 17.3 Å². The molecule has 6 nitrogen and oxygen atoms in total. The van der Waals surface area contributed by atoms with Crippen LogP contribution in [0.5, 0.6) is 0 Å². The SMILES string of the molecule is NC1CCCN(C(=O)Nc2c(F)cccc2C(=O)O)C1. The molecule has 0 bridgehead atoms. The van der Waals surface area contributed by atoms with Crippen LogP contribution in [0.2, 0.25) is 0 Å². The predicted octanol–water partition coefficient (Wildman–Crippen LogP) is 1.48. The van der Waals surface area contributed by atoms with Gasteiger partial charge in [0.05, 0.1) is 11.3 Å². The van der Waals surface area contributed by atoms with Gasteiger partial charge in [-0.1, -0.05) is 6.07 Å². The molecule has 1 heterocycles. The average molecular weight is 281 g/mol. The summed E-state index contributed by atoms with van der Waals surface area (Å²) in [6.07, 6.45) is 1.61. The van der Waals surface area contributed by atoms with Gasteiger partial charge in [0.2, 0.25) is 0 Å². The number of piperidine rings is 1. The molecule has 1 aromatic carbocycles. The van der Waals surface area contributed by atoms with E-state index in [1.54, 1.807) is 0 Å². The summed E-state index contributed by atoms with van der Waals surface area (Å²) in [5.74, 6) is -2.07. The van der Waals surface area contributed by atoms with Crippen molar-refractivity contribution in [3.05, 3.63) is 29.6 Å². The molecule has 4 N–H and O–H groups in total. The molecule has 1 unspecified atom stereocenters. The van der Waals surface area contributed by atoms with Gasteiger partial charge in [-0.05, 0) is 25.0 Å². The number of nitrogens with one attached hydrogen (secondary N) is 1. The highest BCUT2D eigenvalue weighted by Crippen LogP contribution is 2.21. The molecule has 1 aliphatic rings. The van der Waals surface area contributed by atoms with Gasteiger partial charge in [-0.2, -0.15) is 0 Å². The van der Waals surface area contributed by atoms with Gasteiger partial charge >= 0.3 is 12.0 Å². The first-order valence-electron chi connectivity index (χ1n) is 6.32. The molecule has 0 saturated carbocycles. The highest BCUT2D eigenvalue weighted by Gasteiger charge is 2.23. The van der Waals surface area contributed by atoms with Crippen LogP contribution in [0.4, 0.5) is 14.9 Å². The molecule has 1 aromatic rings. The van der Waals surface area contributed by atoms with Gasteiger partial charge in [-0.15, -0.1) is 0 Å². The van der Waals surface area contributed by atoms with Crippen molar-refractivity contribution < 1.29 is 19.1 Å². The molecule has 0 radical (unpaired) electrons. The Balaban J connectivity index is 2.17. The summed E-state index contributed by atoms with van der Waals surface area (Å²) in [5, 5.41) is 11.3. The summed E-state index contributed by atoms with van der Waals surface area (Å²) in [6.45, 7) is 0.902. The Labute approximate surface area is 115 Å². The molecule has 1 atom stereocenters. The Hall–Kier alpha value is -2.15. The predicted molar refractivity (Wildman–Crippen MR) is 71.2 cm³/mol. The summed E-state index contributed by atoms with van der Waals surface area (Å²) in [5.41, 5.74) is 5.18. The molecular weight excluding hydrogens is 265 g/mol. The molecule has 1 aliphatic heterocycles. The number of nitrogens with two attached hydrogens (primary N) is 1. The number of hydrogen-bond donors (Lipinski definition) is 3. The first kappa shape index (κ1) is 14.3. The van der Waals surface area contributed by atoms with E-state index in [0.717, 1.165) is 18.9 Å². The van der Waals surface area contributed by atoms with E-state index in [9.17, 15) is 14.0 Å². The van der Waals surface area contributed by atoms with Crippen LogP contribution in [0, 0.1) is 5.82 Å². The van der Waals surface area contributed by atoms with Crippen LogP contribution in [-0.4, -0.2) is 41.1 Å². The Morgan fingerprint density at radius 1 is 1.45 bits per heavy atom. The fraction of sp³-hybridized carbons (Fsp3) is 0.385. The number of urea groups is 1. The maximum atomic E-state index is 13.7. The number of benzene rings is 1. The lowest BCUT2D eigenvalue weighted by atomic mass is 10.1. The van der Waals surface area contributed by atoms with Crippen LogP contribution < -0.4 is 11.1 Å². The normalized spacial score (nSPS) is 18.7. The standard InChI is InChI=1S/C13H16FN3O3/c14-10-5-1-4-9(12(18)19)11(10)16-13(20)17-6-2-3-8(15)7-17/h1,4-5,8H,2-3,6-7,15H2,(H,16,20)(H,18,19). The number of carbonyl (C=O) groups excluding carboxylic acids is 1. The molecule has 7 heteroatoms. The molecule has 0 aromatic heterocycles. The highest BCUT2D eigenvalue weighted by molar-refractivity contribution is 6.00. The van der Waals surface area contributed by atoms with Crippen molar-refractivity contribution >= 4 is 17.7 Å². The monoisotopic (exact) mass is 281 g/mol. The lowest BCUT2D eigenvalue weighted by Gasteiger charge is -2.30. The summed E-state index contributed by atoms with van der Waals surface area (Å²) < 4.78 is 13.7. The second kappa shape index (κ2) is 5.87. The van der Waals surface area contributed by atoms with Crippen molar-refractivity contribution in [3.8, 4) is 0 Å². The van der Waals surface area contributed by atoms with Crippen LogP contribution in [0.15, 0.2) is 18.2 Å². The molecule has 1 fully saturated rings. The van der Waals surface area contributed by atoms with Crippen molar-refractivity contribution in [2.75, 3.05) is 18.4 Å². The van der Waals surface area contributed by atoms with Crippen molar-refractivity contribution in [1.29, 1.82) is 0 Å². The Kier molecular flexibility index (Phi) is 4.19. The number of carbonyl (C=O) groups is 2. The zero-order valence-electron chi connectivity index (χ0n) is 10.8. The maximum absolute atomic E-state index is 13.7. The fourth-order valence-corrected chi connectivity index (χ4v) is 2.21. The molecule has 20 heavy (non-hydrogen) atoms. The summed E-state index contributed by atoms with van der Waals surface area (Å²) >= 11 is 0. The maximum Gasteiger partial charge on any atom is 0.337 e. The number of halogens is 1. The third-order valence-corrected chi connectivity index (χ3v) is 3.22. The van der Waals surface area contributed by atoms with Crippen LogP contribution in [0.25, 0.3) is 0 Å². The van der Waals surface area contributed by atoms with E-state index >= 15 is 0 Å². The van der Waals surface area contributed by atoms with Gasteiger partial charge in [0, 0.05) is 19.1 Å². The fourth-order valence-electron chi connectivity index (χ4n) is 2.21. The van der Waals surface area contributed by atoms with Gasteiger partial charge < -0.3 is 21.1 Å². The van der Waals surface area contributed by atoms with Crippen LogP contribution >= 0.6 is 0 Å². The van der Waals surface area contributed by atoms with Crippen LogP contribution in [0.3, 0.4) is 0 Å². The van der Waals surface area contributed by atoms with E-state index in [2.05, 4.69) is 5.32 Å². The van der Waals surface area contributed by atoms with Gasteiger partial charge in [0.1, 0.15) is 5.82 Å². The molecular formula is C13H16FN3O3. The number of carboxylic acids is 1. The number of aromatic carboxylic acids is 1. The van der Waals surface area contributed by atoms with Gasteiger partial charge in [0.15, 0.2) is 0 Å². The van der Waals surface area contributed by atoms with E-state index in [1.807, 2.05) is 0 Å². The second-order valence-electron chi connectivity index (χ2n) is 4.75. The number of hydrogen-bond acceptors (Lipinski definition) is 3. The Morgan fingerprint density at radius 3 is 2.85 bits per heavy atom. The molecule has 2 rings (SSSR count). The number of anilines is 1. The highest BCUT2D eigenvalue weighted by atomic mass is 19.1. The lowest BCUT2D eigenvalue weighted by Crippen LogP contribution is -2.47. The summed E-state index contributed by atoms with van der Waals surface area (Å²) in [7, 11) is 0. The van der Waals surface area contributed by atoms with Gasteiger partial charge in [-0.25, -0.2) is 14.0 Å². The Morgan fingerprint density at radius 2 is 2.20 bits per heavy atom. The molecule has 0 aliphatic carbocycles. The number of carboxylic acid groups (broad SMARTS) is 1. The van der Waals surface area contributed by atoms with Crippen molar-refractivity contribution in [2.24, 2.45) is 5.73 Å². The topological polar surface area (TPSA) is 95.7 Å². The molecule has 1 saturated heterocycles. The number of para-hydroxylation sites is 1. The zero-order valence-corrected chi connectivity index (χ0v) is 10.8. The van der Waals surface area contributed by atoms with E-state index < -0.39 is 17.8 Å². The minimum absolute atomic E-state index is 0.103. The third kappa shape index (κ3) is 3.05. The minimum Gasteiger partial charge on any atom is -0.478 e. The molecule has 0 spiro atoms. The molecule has 108 valence electrons. The Bertz CT molecular complexity index is 536. The number of amides is 2. The average Bonchev–Trinajstić information content (AvgIpc) is 2.40. The van der Waals surface area contributed by atoms with E-state index in [1.165, 1.54) is 17.0 Å². The first-order valence-corrected chi connectivity index (χ1v) is 6.32. The van der Waals surface area contributed by atoms with Crippen LogP contribution in [0.1, 0.15) is 23.2 Å². The van der Waals surface area contributed by atoms with Crippen molar-refractivity contribution in [2.45, 2.75) is 18.9 Å². The van der Waals surface area contributed by atoms with Gasteiger partial charge in [0.25, 0.3) is 0 Å². The smallest absolute Gasteiger partial charge is 0.337 e. The number of likely N-dealkylation sites (tertiary alicyclic amines) is 1. The first-order chi connectivity index (χ1) is 9.49. The van der Waals surface area contributed by atoms with E-state index in [4.69, 9.17) is 10.8 Å². The van der Waals surface area contributed by atoms with Crippen molar-refractivity contribution in [1.82, 2.24) is 4.90 Å². The van der Waals surface area contributed by atoms with E-state index in [0.29, 0.717) is 13.1 Å². The zero-order chi connectivity index (χ0) is 14.7. The third-order valence-electron chi connectivity index (χ3n) is 3.22.